The van der Waals surface area contributed by atoms with Crippen LogP contribution in [0.25, 0.3) is 11.4 Å². The van der Waals surface area contributed by atoms with Gasteiger partial charge in [-0.2, -0.15) is 4.98 Å². The largest absolute Gasteiger partial charge is 0.492 e. The van der Waals surface area contributed by atoms with E-state index in [2.05, 4.69) is 23.0 Å². The summed E-state index contributed by atoms with van der Waals surface area (Å²) in [5.74, 6) is 0.870. The second-order valence-corrected chi connectivity index (χ2v) is 4.30. The van der Waals surface area contributed by atoms with Gasteiger partial charge in [-0.05, 0) is 19.4 Å². The molecular formula is C10H12N2OS. The van der Waals surface area contributed by atoms with Crippen molar-refractivity contribution in [1.29, 1.82) is 0 Å². The molecule has 0 bridgehead atoms. The van der Waals surface area contributed by atoms with Gasteiger partial charge in [0.05, 0.1) is 5.69 Å². The Morgan fingerprint density at radius 2 is 2.36 bits per heavy atom. The minimum absolute atomic E-state index is 0.117. The third-order valence-corrected chi connectivity index (χ3v) is 2.98. The van der Waals surface area contributed by atoms with Crippen LogP contribution in [0.2, 0.25) is 0 Å². The molecule has 14 heavy (non-hydrogen) atoms. The summed E-state index contributed by atoms with van der Waals surface area (Å²) in [7, 11) is 0. The van der Waals surface area contributed by atoms with Crippen molar-refractivity contribution in [1.82, 2.24) is 9.97 Å². The molecule has 2 aromatic rings. The van der Waals surface area contributed by atoms with Crippen molar-refractivity contribution >= 4 is 11.3 Å². The smallest absolute Gasteiger partial charge is 0.232 e. The van der Waals surface area contributed by atoms with E-state index in [9.17, 15) is 5.11 Å². The maximum Gasteiger partial charge on any atom is 0.232 e. The monoisotopic (exact) mass is 208 g/mol. The molecule has 0 radical (unpaired) electrons. The fourth-order valence-electron chi connectivity index (χ4n) is 1.35. The molecule has 0 aliphatic rings. The summed E-state index contributed by atoms with van der Waals surface area (Å²) < 4.78 is 0. The summed E-state index contributed by atoms with van der Waals surface area (Å²) in [6.07, 6.45) is 0.766. The number of thiophene rings is 1. The van der Waals surface area contributed by atoms with E-state index in [0.29, 0.717) is 0 Å². The van der Waals surface area contributed by atoms with E-state index < -0.39 is 0 Å². The lowest BCUT2D eigenvalue weighted by Crippen LogP contribution is -1.79. The summed E-state index contributed by atoms with van der Waals surface area (Å²) in [5.41, 5.74) is 1.84. The van der Waals surface area contributed by atoms with E-state index in [1.807, 2.05) is 12.3 Å². The number of imidazole rings is 1. The minimum Gasteiger partial charge on any atom is -0.492 e. The number of hydrogen-bond donors (Lipinski definition) is 2. The first-order valence-electron chi connectivity index (χ1n) is 4.54. The highest BCUT2D eigenvalue weighted by Crippen LogP contribution is 2.26. The van der Waals surface area contributed by atoms with E-state index in [4.69, 9.17) is 0 Å². The summed E-state index contributed by atoms with van der Waals surface area (Å²) >= 11 is 1.68. The molecule has 2 rings (SSSR count). The lowest BCUT2D eigenvalue weighted by atomic mass is 10.3. The molecule has 0 fully saturated rings. The molecule has 2 N–H and O–H groups in total. The van der Waals surface area contributed by atoms with Gasteiger partial charge in [-0.15, -0.1) is 11.3 Å². The van der Waals surface area contributed by atoms with Crippen LogP contribution in [-0.2, 0) is 6.42 Å². The van der Waals surface area contributed by atoms with Gasteiger partial charge in [0.2, 0.25) is 5.88 Å². The first-order valence-corrected chi connectivity index (χ1v) is 5.42. The number of aryl methyl sites for hydroxylation is 2. The zero-order valence-corrected chi connectivity index (χ0v) is 8.98. The van der Waals surface area contributed by atoms with Crippen molar-refractivity contribution in [2.45, 2.75) is 20.3 Å². The molecule has 2 aromatic heterocycles. The molecule has 74 valence electrons. The lowest BCUT2D eigenvalue weighted by molar-refractivity contribution is 0.450. The fraction of sp³-hybridized carbons (Fsp3) is 0.300. The third-order valence-electron chi connectivity index (χ3n) is 2.11. The van der Waals surface area contributed by atoms with Gasteiger partial charge in [0, 0.05) is 15.8 Å². The maximum atomic E-state index is 9.46. The van der Waals surface area contributed by atoms with Crippen molar-refractivity contribution < 1.29 is 5.11 Å². The molecule has 3 nitrogen and oxygen atoms in total. The molecule has 0 saturated carbocycles. The van der Waals surface area contributed by atoms with Crippen LogP contribution < -0.4 is 0 Å². The number of nitrogens with one attached hydrogen (secondary N) is 1. The van der Waals surface area contributed by atoms with Gasteiger partial charge in [-0.3, -0.25) is 0 Å². The van der Waals surface area contributed by atoms with Gasteiger partial charge in [0.1, 0.15) is 5.82 Å². The standard InChI is InChI=1S/C10H12N2OS/c1-3-8-10(13)12-9(11-8)7-4-6(2)14-5-7/h4-5,13H,3H2,1-2H3,(H,11,12). The number of aromatic hydroxyl groups is 1. The summed E-state index contributed by atoms with van der Waals surface area (Å²) in [6, 6.07) is 2.06. The molecular weight excluding hydrogens is 196 g/mol. The highest BCUT2D eigenvalue weighted by Gasteiger charge is 2.09. The number of H-pyrrole nitrogens is 1. The SMILES string of the molecule is CCc1[nH]c(-c2csc(C)c2)nc1O. The van der Waals surface area contributed by atoms with Crippen LogP contribution in [0, 0.1) is 6.92 Å². The van der Waals surface area contributed by atoms with Crippen LogP contribution in [0.3, 0.4) is 0 Å². The predicted molar refractivity (Wildman–Crippen MR) is 57.7 cm³/mol. The molecule has 0 aromatic carbocycles. The van der Waals surface area contributed by atoms with Gasteiger partial charge >= 0.3 is 0 Å². The van der Waals surface area contributed by atoms with E-state index in [1.165, 1.54) is 4.88 Å². The van der Waals surface area contributed by atoms with Crippen LogP contribution in [0.5, 0.6) is 5.88 Å². The molecule has 0 atom stereocenters. The van der Waals surface area contributed by atoms with E-state index >= 15 is 0 Å². The second kappa shape index (κ2) is 3.46. The first-order chi connectivity index (χ1) is 6.70. The summed E-state index contributed by atoms with van der Waals surface area (Å²) in [5, 5.41) is 11.5. The van der Waals surface area contributed by atoms with Crippen molar-refractivity contribution in [3.05, 3.63) is 22.0 Å². The zero-order chi connectivity index (χ0) is 10.1. The number of hydrogen-bond acceptors (Lipinski definition) is 3. The average molecular weight is 208 g/mol. The Bertz CT molecular complexity index is 445. The van der Waals surface area contributed by atoms with E-state index in [0.717, 1.165) is 23.5 Å². The Labute approximate surface area is 86.4 Å². The van der Waals surface area contributed by atoms with Crippen molar-refractivity contribution in [2.75, 3.05) is 0 Å². The highest BCUT2D eigenvalue weighted by molar-refractivity contribution is 7.10. The quantitative estimate of drug-likeness (QED) is 0.797. The van der Waals surface area contributed by atoms with Crippen LogP contribution in [0.15, 0.2) is 11.4 Å². The molecule has 0 aliphatic heterocycles. The zero-order valence-electron chi connectivity index (χ0n) is 8.16. The molecule has 0 unspecified atom stereocenters. The van der Waals surface area contributed by atoms with Crippen molar-refractivity contribution in [3.8, 4) is 17.3 Å². The number of aromatic nitrogens is 2. The molecule has 4 heteroatoms. The average Bonchev–Trinajstić information content (AvgIpc) is 2.71. The normalized spacial score (nSPS) is 10.7. The Kier molecular flexibility index (Phi) is 2.29. The first kappa shape index (κ1) is 9.27. The number of aromatic amines is 1. The van der Waals surface area contributed by atoms with E-state index in [1.54, 1.807) is 11.3 Å². The molecule has 0 amide bonds. The predicted octanol–water partition coefficient (Wildman–Crippen LogP) is 2.71. The van der Waals surface area contributed by atoms with Gasteiger partial charge in [-0.25, -0.2) is 0 Å². The number of nitrogens with zero attached hydrogens (tertiary/aromatic N) is 1. The van der Waals surface area contributed by atoms with Gasteiger partial charge in [-0.1, -0.05) is 6.92 Å². The van der Waals surface area contributed by atoms with Crippen molar-refractivity contribution in [2.24, 2.45) is 0 Å². The Morgan fingerprint density at radius 1 is 1.57 bits per heavy atom. The van der Waals surface area contributed by atoms with Crippen molar-refractivity contribution in [3.63, 3.8) is 0 Å². The van der Waals surface area contributed by atoms with Crippen LogP contribution in [0.4, 0.5) is 0 Å². The Hall–Kier alpha value is -1.29. The topological polar surface area (TPSA) is 48.9 Å². The summed E-state index contributed by atoms with van der Waals surface area (Å²) in [4.78, 5) is 8.42. The highest BCUT2D eigenvalue weighted by atomic mass is 32.1. The molecule has 0 spiro atoms. The second-order valence-electron chi connectivity index (χ2n) is 3.19. The lowest BCUT2D eigenvalue weighted by Gasteiger charge is -1.88. The molecule has 0 saturated heterocycles. The minimum atomic E-state index is 0.117. The van der Waals surface area contributed by atoms with Crippen LogP contribution >= 0.6 is 11.3 Å². The Balaban J connectivity index is 2.42. The Morgan fingerprint density at radius 3 is 2.86 bits per heavy atom. The summed E-state index contributed by atoms with van der Waals surface area (Å²) in [6.45, 7) is 4.04. The van der Waals surface area contributed by atoms with Crippen LogP contribution in [0.1, 0.15) is 17.5 Å². The van der Waals surface area contributed by atoms with Crippen LogP contribution in [-0.4, -0.2) is 15.1 Å². The van der Waals surface area contributed by atoms with Gasteiger partial charge in [0.25, 0.3) is 0 Å². The molecule has 2 heterocycles. The maximum absolute atomic E-state index is 9.46. The number of rotatable bonds is 2. The van der Waals surface area contributed by atoms with E-state index in [-0.39, 0.29) is 5.88 Å². The fourth-order valence-corrected chi connectivity index (χ4v) is 2.04. The molecule has 0 aliphatic carbocycles. The van der Waals surface area contributed by atoms with Gasteiger partial charge in [0.15, 0.2) is 0 Å². The van der Waals surface area contributed by atoms with Gasteiger partial charge < -0.3 is 10.1 Å². The third kappa shape index (κ3) is 1.53.